The average Bonchev–Trinajstić information content (AvgIpc) is 2.81. The highest BCUT2D eigenvalue weighted by Crippen LogP contribution is 2.46. The summed E-state index contributed by atoms with van der Waals surface area (Å²) >= 11 is 0. The van der Waals surface area contributed by atoms with Gasteiger partial charge >= 0.3 is 62.9 Å². The molecule has 0 atom stereocenters. The van der Waals surface area contributed by atoms with Gasteiger partial charge in [0.2, 0.25) is 0 Å². The Bertz CT molecular complexity index is 999. The fourth-order valence-electron chi connectivity index (χ4n) is 3.50. The highest BCUT2D eigenvalue weighted by atomic mass is 28.2. The van der Waals surface area contributed by atoms with E-state index in [1.54, 1.807) is 0 Å². The smallest absolute Gasteiger partial charge is 0.341 e. The van der Waals surface area contributed by atoms with Gasteiger partial charge in [0.15, 0.2) is 0 Å². The van der Waals surface area contributed by atoms with E-state index in [0.717, 1.165) is 32.3 Å². The molecule has 138 valence electrons. The molecule has 18 radical (unpaired) electrons. The third kappa shape index (κ3) is 3.25. The Morgan fingerprint density at radius 3 is 0.533 bits per heavy atom. The van der Waals surface area contributed by atoms with Crippen LogP contribution in [0.4, 0.5) is 0 Å². The van der Waals surface area contributed by atoms with Crippen LogP contribution in [-0.2, 0) is 0 Å². The molecular weight excluding hydrogens is 481 g/mol. The molecule has 0 saturated carbocycles. The summed E-state index contributed by atoms with van der Waals surface area (Å²) in [7, 11) is 18.5. The summed E-state index contributed by atoms with van der Waals surface area (Å²) in [6, 6.07) is 11.1. The van der Waals surface area contributed by atoms with Crippen molar-refractivity contribution in [3.05, 3.63) is 36.4 Å². The third-order valence-corrected chi connectivity index (χ3v) is 6.10. The standard InChI is InChI=1S/C18H6O6Si6/c25-19-13-1-7-8(2-14(13)20-26)10-4-17(23-29)18(24-30)6-12(10)11-5-16(22-28)15(21-27)3-9(7)11/h1-6H. The van der Waals surface area contributed by atoms with E-state index in [9.17, 15) is 0 Å². The highest BCUT2D eigenvalue weighted by Gasteiger charge is 2.18. The molecule has 0 aromatic heterocycles. The molecule has 0 N–H and O–H groups in total. The van der Waals surface area contributed by atoms with Crippen LogP contribution in [0.2, 0.25) is 0 Å². The first-order chi connectivity index (χ1) is 14.6. The van der Waals surface area contributed by atoms with Crippen LogP contribution in [0.1, 0.15) is 0 Å². The molecule has 0 fully saturated rings. The van der Waals surface area contributed by atoms with Crippen LogP contribution in [0, 0.1) is 0 Å². The molecule has 0 saturated heterocycles. The Hall–Kier alpha value is -2.24. The minimum atomic E-state index is 0.479. The molecule has 0 aliphatic carbocycles. The summed E-state index contributed by atoms with van der Waals surface area (Å²) in [6.45, 7) is 0. The maximum Gasteiger partial charge on any atom is 0.341 e. The Morgan fingerprint density at radius 2 is 0.433 bits per heavy atom. The zero-order chi connectivity index (χ0) is 21.4. The summed E-state index contributed by atoms with van der Waals surface area (Å²) in [4.78, 5) is 0. The van der Waals surface area contributed by atoms with Gasteiger partial charge < -0.3 is 26.6 Å². The summed E-state index contributed by atoms with van der Waals surface area (Å²) in [5.41, 5.74) is 0. The molecule has 0 heterocycles. The van der Waals surface area contributed by atoms with Gasteiger partial charge in [-0.2, -0.15) is 0 Å². The SMILES string of the molecule is [Si]Oc1cc2c3cc(O[Si])c(O[Si])cc3c3cc(O[Si])c(O[Si])cc3c2cc1O[Si]. The monoisotopic (exact) mass is 486 g/mol. The third-order valence-electron chi connectivity index (χ3n) is 4.78. The first kappa shape index (κ1) is 21.0. The molecule has 4 aromatic carbocycles. The van der Waals surface area contributed by atoms with E-state index in [-0.39, 0.29) is 0 Å². The molecule has 12 heteroatoms. The second-order valence-corrected chi connectivity index (χ2v) is 7.37. The molecule has 4 rings (SSSR count). The Morgan fingerprint density at radius 1 is 0.300 bits per heavy atom. The van der Waals surface area contributed by atoms with Crippen LogP contribution in [0.15, 0.2) is 36.4 Å². The van der Waals surface area contributed by atoms with Crippen molar-refractivity contribution >= 4 is 95.2 Å². The van der Waals surface area contributed by atoms with E-state index in [4.69, 9.17) is 26.6 Å². The summed E-state index contributed by atoms with van der Waals surface area (Å²) < 4.78 is 31.8. The number of fused-ring (bicyclic) bond motifs is 6. The van der Waals surface area contributed by atoms with Crippen LogP contribution in [0.5, 0.6) is 34.5 Å². The molecule has 4 aromatic rings. The maximum atomic E-state index is 5.31. The van der Waals surface area contributed by atoms with Crippen molar-refractivity contribution in [1.82, 2.24) is 0 Å². The van der Waals surface area contributed by atoms with Crippen molar-refractivity contribution in [3.63, 3.8) is 0 Å². The lowest BCUT2D eigenvalue weighted by Gasteiger charge is -2.18. The largest absolute Gasteiger partial charge is 0.538 e. The predicted molar refractivity (Wildman–Crippen MR) is 117 cm³/mol. The lowest BCUT2D eigenvalue weighted by atomic mass is 9.93. The van der Waals surface area contributed by atoms with Crippen molar-refractivity contribution in [2.45, 2.75) is 0 Å². The molecular formula is C18H6O6Si6. The Kier molecular flexibility index (Phi) is 5.94. The lowest BCUT2D eigenvalue weighted by molar-refractivity contribution is 0.542. The minimum absolute atomic E-state index is 0.479. The number of hydrogen-bond acceptors (Lipinski definition) is 6. The van der Waals surface area contributed by atoms with Gasteiger partial charge in [-0.25, -0.2) is 0 Å². The highest BCUT2D eigenvalue weighted by molar-refractivity contribution is 6.27. The molecule has 0 amide bonds. The normalized spacial score (nSPS) is 11.0. The van der Waals surface area contributed by atoms with Crippen molar-refractivity contribution < 1.29 is 26.6 Å². The first-order valence-electron chi connectivity index (χ1n) is 8.16. The van der Waals surface area contributed by atoms with Gasteiger partial charge in [-0.15, -0.1) is 0 Å². The fourth-order valence-corrected chi connectivity index (χ4v) is 4.45. The lowest BCUT2D eigenvalue weighted by Crippen LogP contribution is -1.97. The minimum Gasteiger partial charge on any atom is -0.538 e. The zero-order valence-electron chi connectivity index (χ0n) is 14.9. The van der Waals surface area contributed by atoms with Crippen LogP contribution >= 0.6 is 0 Å². The van der Waals surface area contributed by atoms with E-state index in [1.807, 2.05) is 36.4 Å². The average molecular weight is 487 g/mol. The molecule has 6 nitrogen and oxygen atoms in total. The zero-order valence-corrected chi connectivity index (χ0v) is 20.9. The van der Waals surface area contributed by atoms with Gasteiger partial charge in [0.25, 0.3) is 0 Å². The molecule has 0 aliphatic heterocycles. The van der Waals surface area contributed by atoms with Gasteiger partial charge in [0, 0.05) is 0 Å². The van der Waals surface area contributed by atoms with Crippen LogP contribution in [-0.4, -0.2) is 62.9 Å². The van der Waals surface area contributed by atoms with E-state index < -0.39 is 0 Å². The number of rotatable bonds is 6. The van der Waals surface area contributed by atoms with Crippen LogP contribution in [0.25, 0.3) is 32.3 Å². The fraction of sp³-hybridized carbons (Fsp3) is 0. The Labute approximate surface area is 192 Å². The summed E-state index contributed by atoms with van der Waals surface area (Å²) in [6.07, 6.45) is 0. The second kappa shape index (κ2) is 8.48. The Balaban J connectivity index is 2.29. The van der Waals surface area contributed by atoms with Crippen molar-refractivity contribution in [1.29, 1.82) is 0 Å². The van der Waals surface area contributed by atoms with Gasteiger partial charge in [-0.1, -0.05) is 0 Å². The van der Waals surface area contributed by atoms with Gasteiger partial charge in [0.1, 0.15) is 34.5 Å². The van der Waals surface area contributed by atoms with Crippen molar-refractivity contribution in [3.8, 4) is 34.5 Å². The topological polar surface area (TPSA) is 55.4 Å². The quantitative estimate of drug-likeness (QED) is 0.307. The summed E-state index contributed by atoms with van der Waals surface area (Å²) in [5.74, 6) is 2.88. The van der Waals surface area contributed by atoms with E-state index >= 15 is 0 Å². The van der Waals surface area contributed by atoms with Crippen LogP contribution in [0.3, 0.4) is 0 Å². The molecule has 0 aliphatic rings. The molecule has 0 unspecified atom stereocenters. The van der Waals surface area contributed by atoms with Gasteiger partial charge in [0.05, 0.1) is 0 Å². The summed E-state index contributed by atoms with van der Waals surface area (Å²) in [5, 5.41) is 5.31. The van der Waals surface area contributed by atoms with E-state index in [1.165, 1.54) is 0 Å². The molecule has 0 bridgehead atoms. The number of hydrogen-bond donors (Lipinski definition) is 0. The molecule has 30 heavy (non-hydrogen) atoms. The van der Waals surface area contributed by atoms with Crippen molar-refractivity contribution in [2.75, 3.05) is 0 Å². The van der Waals surface area contributed by atoms with E-state index in [0.29, 0.717) is 34.5 Å². The first-order valence-corrected chi connectivity index (χ1v) is 10.6. The predicted octanol–water partition coefficient (Wildman–Crippen LogP) is 1.92. The maximum absolute atomic E-state index is 5.31. The molecule has 0 spiro atoms. The van der Waals surface area contributed by atoms with E-state index in [2.05, 4.69) is 62.9 Å². The van der Waals surface area contributed by atoms with Gasteiger partial charge in [-0.05, 0) is 68.7 Å². The second-order valence-electron chi connectivity index (χ2n) is 6.15. The van der Waals surface area contributed by atoms with Gasteiger partial charge in [-0.3, -0.25) is 0 Å². The van der Waals surface area contributed by atoms with Crippen molar-refractivity contribution in [2.24, 2.45) is 0 Å². The number of benzene rings is 4. The van der Waals surface area contributed by atoms with Crippen LogP contribution < -0.4 is 26.6 Å².